The van der Waals surface area contributed by atoms with Crippen LogP contribution in [0.1, 0.15) is 10.4 Å². The summed E-state index contributed by atoms with van der Waals surface area (Å²) in [5, 5.41) is 0. The Morgan fingerprint density at radius 2 is 2.23 bits per heavy atom. The number of ketones is 1. The van der Waals surface area contributed by atoms with E-state index in [-0.39, 0.29) is 21.6 Å². The van der Waals surface area contributed by atoms with Gasteiger partial charge < -0.3 is 5.73 Å². The fourth-order valence-electron chi connectivity index (χ4n) is 0.852. The number of Topliss-reactive ketones (excluding diaryl/α,β-unsaturated/α-hetero) is 1. The lowest BCUT2D eigenvalue weighted by atomic mass is 10.1. The number of benzene rings is 1. The van der Waals surface area contributed by atoms with Crippen molar-refractivity contribution >= 4 is 39.0 Å². The van der Waals surface area contributed by atoms with E-state index < -0.39 is 11.6 Å². The molecule has 0 spiro atoms. The van der Waals surface area contributed by atoms with E-state index in [2.05, 4.69) is 15.9 Å². The number of carbonyl (C=O) groups excluding carboxylic acids is 1. The minimum atomic E-state index is -0.661. The Labute approximate surface area is 88.0 Å². The normalized spacial score (nSPS) is 10.1. The molecule has 0 aliphatic rings. The number of carbonyl (C=O) groups is 1. The Morgan fingerprint density at radius 1 is 1.62 bits per heavy atom. The maximum absolute atomic E-state index is 13.3. The lowest BCUT2D eigenvalue weighted by molar-refractivity contribution is 0.101. The van der Waals surface area contributed by atoms with Gasteiger partial charge in [0, 0.05) is 5.69 Å². The van der Waals surface area contributed by atoms with Crippen LogP contribution in [-0.4, -0.2) is 11.7 Å². The van der Waals surface area contributed by atoms with Crippen molar-refractivity contribution in [2.75, 3.05) is 11.6 Å². The van der Waals surface area contributed by atoms with E-state index in [4.69, 9.17) is 17.3 Å². The molecule has 0 saturated heterocycles. The van der Waals surface area contributed by atoms with Crippen LogP contribution in [0.25, 0.3) is 0 Å². The van der Waals surface area contributed by atoms with Crippen LogP contribution in [0, 0.1) is 5.82 Å². The quantitative estimate of drug-likeness (QED) is 0.508. The van der Waals surface area contributed by atoms with Crippen molar-refractivity contribution in [2.45, 2.75) is 0 Å². The van der Waals surface area contributed by atoms with Gasteiger partial charge in [0.05, 0.1) is 15.9 Å². The summed E-state index contributed by atoms with van der Waals surface area (Å²) < 4.78 is 13.4. The summed E-state index contributed by atoms with van der Waals surface area (Å²) in [6.07, 6.45) is 0. The number of hydrogen-bond acceptors (Lipinski definition) is 2. The van der Waals surface area contributed by atoms with Crippen molar-refractivity contribution in [3.05, 3.63) is 28.0 Å². The average Bonchev–Trinajstić information content (AvgIpc) is 2.13. The molecule has 0 heterocycles. The SMILES string of the molecule is Nc1ccc(C(=O)CCl)c(F)c1Br. The van der Waals surface area contributed by atoms with Gasteiger partial charge in [0.25, 0.3) is 0 Å². The van der Waals surface area contributed by atoms with E-state index in [1.54, 1.807) is 0 Å². The number of anilines is 1. The Morgan fingerprint density at radius 3 is 2.77 bits per heavy atom. The zero-order valence-electron chi connectivity index (χ0n) is 6.48. The molecule has 0 bridgehead atoms. The Hall–Kier alpha value is -0.610. The summed E-state index contributed by atoms with van der Waals surface area (Å²) >= 11 is 8.22. The summed E-state index contributed by atoms with van der Waals surface area (Å²) in [5.41, 5.74) is 5.61. The minimum Gasteiger partial charge on any atom is -0.398 e. The highest BCUT2D eigenvalue weighted by Gasteiger charge is 2.14. The van der Waals surface area contributed by atoms with Gasteiger partial charge in [-0.3, -0.25) is 4.79 Å². The van der Waals surface area contributed by atoms with Crippen LogP contribution in [-0.2, 0) is 0 Å². The van der Waals surface area contributed by atoms with Gasteiger partial charge in [0.15, 0.2) is 5.78 Å². The molecule has 0 atom stereocenters. The fraction of sp³-hybridized carbons (Fsp3) is 0.125. The van der Waals surface area contributed by atoms with E-state index in [9.17, 15) is 9.18 Å². The van der Waals surface area contributed by atoms with E-state index in [1.165, 1.54) is 12.1 Å². The Kier molecular flexibility index (Phi) is 3.27. The summed E-state index contributed by atoms with van der Waals surface area (Å²) in [4.78, 5) is 11.1. The van der Waals surface area contributed by atoms with Crippen molar-refractivity contribution in [1.82, 2.24) is 0 Å². The van der Waals surface area contributed by atoms with Crippen LogP contribution in [0.2, 0.25) is 0 Å². The standard InChI is InChI=1S/C8H6BrClFNO/c9-7-5(12)2-1-4(8(7)11)6(13)3-10/h1-2H,3,12H2. The molecule has 0 radical (unpaired) electrons. The summed E-state index contributed by atoms with van der Waals surface area (Å²) in [6.45, 7) is 0. The molecule has 0 amide bonds. The summed E-state index contributed by atoms with van der Waals surface area (Å²) in [7, 11) is 0. The highest BCUT2D eigenvalue weighted by atomic mass is 79.9. The zero-order valence-corrected chi connectivity index (χ0v) is 8.82. The number of halogens is 3. The van der Waals surface area contributed by atoms with Crippen molar-refractivity contribution in [2.24, 2.45) is 0 Å². The monoisotopic (exact) mass is 265 g/mol. The Bertz CT molecular complexity index is 356. The first kappa shape index (κ1) is 10.5. The third-order valence-electron chi connectivity index (χ3n) is 1.53. The molecule has 1 aromatic rings. The van der Waals surface area contributed by atoms with Crippen LogP contribution in [0.5, 0.6) is 0 Å². The van der Waals surface area contributed by atoms with Gasteiger partial charge in [-0.1, -0.05) is 0 Å². The van der Waals surface area contributed by atoms with Gasteiger partial charge >= 0.3 is 0 Å². The second-order valence-corrected chi connectivity index (χ2v) is 3.45. The smallest absolute Gasteiger partial charge is 0.180 e. The van der Waals surface area contributed by atoms with Gasteiger partial charge in [-0.2, -0.15) is 0 Å². The number of nitrogens with two attached hydrogens (primary N) is 1. The first-order valence-electron chi connectivity index (χ1n) is 3.40. The van der Waals surface area contributed by atoms with E-state index >= 15 is 0 Å². The van der Waals surface area contributed by atoms with Gasteiger partial charge in [-0.05, 0) is 28.1 Å². The Balaban J connectivity index is 3.26. The zero-order chi connectivity index (χ0) is 10.0. The molecule has 2 N–H and O–H groups in total. The van der Waals surface area contributed by atoms with Crippen LogP contribution in [0.15, 0.2) is 16.6 Å². The maximum Gasteiger partial charge on any atom is 0.180 e. The first-order chi connectivity index (χ1) is 6.07. The van der Waals surface area contributed by atoms with Crippen molar-refractivity contribution in [1.29, 1.82) is 0 Å². The summed E-state index contributed by atoms with van der Waals surface area (Å²) in [5.74, 6) is -1.36. The van der Waals surface area contributed by atoms with Gasteiger partial charge in [0.1, 0.15) is 5.82 Å². The van der Waals surface area contributed by atoms with Crippen LogP contribution >= 0.6 is 27.5 Å². The number of nitrogen functional groups attached to an aromatic ring is 1. The average molecular weight is 266 g/mol. The molecular weight excluding hydrogens is 260 g/mol. The molecule has 5 heteroatoms. The molecular formula is C8H6BrClFNO. The highest BCUT2D eigenvalue weighted by Crippen LogP contribution is 2.25. The molecule has 1 aromatic carbocycles. The van der Waals surface area contributed by atoms with Gasteiger partial charge in [0.2, 0.25) is 0 Å². The minimum absolute atomic E-state index is 0.0453. The molecule has 0 unspecified atom stereocenters. The molecule has 0 aliphatic carbocycles. The van der Waals surface area contributed by atoms with Crippen molar-refractivity contribution in [3.63, 3.8) is 0 Å². The molecule has 2 nitrogen and oxygen atoms in total. The topological polar surface area (TPSA) is 43.1 Å². The predicted octanol–water partition coefficient (Wildman–Crippen LogP) is 2.59. The third-order valence-corrected chi connectivity index (χ3v) is 2.58. The largest absolute Gasteiger partial charge is 0.398 e. The number of rotatable bonds is 2. The third kappa shape index (κ3) is 2.00. The van der Waals surface area contributed by atoms with E-state index in [0.717, 1.165) is 0 Å². The molecule has 13 heavy (non-hydrogen) atoms. The molecule has 0 aliphatic heterocycles. The molecule has 70 valence electrons. The van der Waals surface area contributed by atoms with E-state index in [1.807, 2.05) is 0 Å². The summed E-state index contributed by atoms with van der Waals surface area (Å²) in [6, 6.07) is 2.77. The fourth-order valence-corrected chi connectivity index (χ4v) is 1.34. The number of hydrogen-bond donors (Lipinski definition) is 1. The first-order valence-corrected chi connectivity index (χ1v) is 4.73. The molecule has 0 fully saturated rings. The van der Waals surface area contributed by atoms with Gasteiger partial charge in [-0.25, -0.2) is 4.39 Å². The molecule has 0 aromatic heterocycles. The molecule has 1 rings (SSSR count). The van der Waals surface area contributed by atoms with Crippen LogP contribution in [0.3, 0.4) is 0 Å². The second-order valence-electron chi connectivity index (χ2n) is 2.39. The highest BCUT2D eigenvalue weighted by molar-refractivity contribution is 9.10. The van der Waals surface area contributed by atoms with E-state index in [0.29, 0.717) is 0 Å². The van der Waals surface area contributed by atoms with Crippen molar-refractivity contribution < 1.29 is 9.18 Å². The number of alkyl halides is 1. The second kappa shape index (κ2) is 4.07. The lowest BCUT2D eigenvalue weighted by Gasteiger charge is -2.03. The maximum atomic E-state index is 13.3. The predicted molar refractivity (Wildman–Crippen MR) is 53.6 cm³/mol. The van der Waals surface area contributed by atoms with Crippen LogP contribution in [0.4, 0.5) is 10.1 Å². The molecule has 0 saturated carbocycles. The van der Waals surface area contributed by atoms with Crippen LogP contribution < -0.4 is 5.73 Å². The van der Waals surface area contributed by atoms with Gasteiger partial charge in [-0.15, -0.1) is 11.6 Å². The van der Waals surface area contributed by atoms with Crippen molar-refractivity contribution in [3.8, 4) is 0 Å². The lowest BCUT2D eigenvalue weighted by Crippen LogP contribution is -2.05.